The van der Waals surface area contributed by atoms with Gasteiger partial charge in [-0.3, -0.25) is 9.59 Å². The molecule has 1 spiro atoms. The quantitative estimate of drug-likeness (QED) is 0.442. The van der Waals surface area contributed by atoms with Crippen molar-refractivity contribution in [3.8, 4) is 5.75 Å². The van der Waals surface area contributed by atoms with E-state index in [1.165, 1.54) is 19.3 Å². The van der Waals surface area contributed by atoms with Gasteiger partial charge in [0.1, 0.15) is 5.75 Å². The largest absolute Gasteiger partial charge is 0.497 e. The van der Waals surface area contributed by atoms with E-state index in [2.05, 4.69) is 22.3 Å². The molecule has 1 saturated carbocycles. The van der Waals surface area contributed by atoms with Gasteiger partial charge in [-0.25, -0.2) is 0 Å². The fourth-order valence-electron chi connectivity index (χ4n) is 6.66. The highest BCUT2D eigenvalue weighted by molar-refractivity contribution is 5.86. The fourth-order valence-corrected chi connectivity index (χ4v) is 6.66. The van der Waals surface area contributed by atoms with Gasteiger partial charge in [-0.1, -0.05) is 61.7 Å². The van der Waals surface area contributed by atoms with Gasteiger partial charge in [-0.15, -0.1) is 12.4 Å². The van der Waals surface area contributed by atoms with E-state index >= 15 is 0 Å². The number of hydrogen-bond donors (Lipinski definition) is 1. The van der Waals surface area contributed by atoms with Crippen LogP contribution in [0.25, 0.3) is 0 Å². The third kappa shape index (κ3) is 7.15. The Morgan fingerprint density at radius 1 is 0.974 bits per heavy atom. The first kappa shape index (κ1) is 29.4. The highest BCUT2D eigenvalue weighted by atomic mass is 35.5. The number of hydrogen-bond acceptors (Lipinski definition) is 4. The Kier molecular flexibility index (Phi) is 10.3. The number of methoxy groups -OCH3 is 1. The molecule has 0 radical (unpaired) electrons. The number of ether oxygens (including phenoxy) is 1. The van der Waals surface area contributed by atoms with Crippen LogP contribution in [0, 0.1) is 5.41 Å². The first-order chi connectivity index (χ1) is 18.6. The Bertz CT molecular complexity index is 1060. The van der Waals surface area contributed by atoms with E-state index in [1.54, 1.807) is 7.11 Å². The highest BCUT2D eigenvalue weighted by Crippen LogP contribution is 2.42. The summed E-state index contributed by atoms with van der Waals surface area (Å²) in [5, 5.41) is 3.37. The number of rotatable bonds is 9. The first-order valence-corrected chi connectivity index (χ1v) is 14.6. The van der Waals surface area contributed by atoms with Gasteiger partial charge in [-0.05, 0) is 81.4 Å². The molecule has 212 valence electrons. The summed E-state index contributed by atoms with van der Waals surface area (Å²) in [6.45, 7) is 4.24. The minimum atomic E-state index is -0.208. The predicted molar refractivity (Wildman–Crippen MR) is 157 cm³/mol. The van der Waals surface area contributed by atoms with Gasteiger partial charge in [0.2, 0.25) is 11.8 Å². The molecule has 2 amide bonds. The Morgan fingerprint density at radius 3 is 2.31 bits per heavy atom. The smallest absolute Gasteiger partial charge is 0.229 e. The maximum atomic E-state index is 13.5. The number of nitrogens with zero attached hydrogens (tertiary/aromatic N) is 2. The van der Waals surface area contributed by atoms with Crippen molar-refractivity contribution in [3.63, 3.8) is 0 Å². The van der Waals surface area contributed by atoms with E-state index in [4.69, 9.17) is 4.74 Å². The minimum Gasteiger partial charge on any atom is -0.497 e. The maximum absolute atomic E-state index is 13.5. The molecule has 1 aliphatic carbocycles. The van der Waals surface area contributed by atoms with Crippen molar-refractivity contribution in [1.82, 2.24) is 15.1 Å². The van der Waals surface area contributed by atoms with Crippen LogP contribution in [0.5, 0.6) is 5.75 Å². The van der Waals surface area contributed by atoms with Crippen LogP contribution in [0.3, 0.4) is 0 Å². The molecule has 3 aliphatic rings. The fraction of sp³-hybridized carbons (Fsp3) is 0.562. The highest BCUT2D eigenvalue weighted by Gasteiger charge is 2.47. The summed E-state index contributed by atoms with van der Waals surface area (Å²) in [6.07, 6.45) is 9.51. The van der Waals surface area contributed by atoms with Crippen LogP contribution >= 0.6 is 12.4 Å². The van der Waals surface area contributed by atoms with Crippen LogP contribution in [-0.2, 0) is 16.1 Å². The summed E-state index contributed by atoms with van der Waals surface area (Å²) < 4.78 is 5.26. The second-order valence-corrected chi connectivity index (χ2v) is 11.5. The van der Waals surface area contributed by atoms with Crippen molar-refractivity contribution in [2.45, 2.75) is 76.3 Å². The van der Waals surface area contributed by atoms with Crippen LogP contribution in [0.15, 0.2) is 54.6 Å². The average molecular weight is 554 g/mol. The summed E-state index contributed by atoms with van der Waals surface area (Å²) in [5.41, 5.74) is 2.04. The molecule has 2 heterocycles. The van der Waals surface area contributed by atoms with Crippen LogP contribution < -0.4 is 10.1 Å². The summed E-state index contributed by atoms with van der Waals surface area (Å²) in [7, 11) is 1.67. The molecule has 5 rings (SSSR count). The summed E-state index contributed by atoms with van der Waals surface area (Å²) >= 11 is 0. The topological polar surface area (TPSA) is 61.9 Å². The molecule has 2 aromatic carbocycles. The van der Waals surface area contributed by atoms with Crippen LogP contribution in [0.4, 0.5) is 0 Å². The maximum Gasteiger partial charge on any atom is 0.229 e. The van der Waals surface area contributed by atoms with Gasteiger partial charge in [0.05, 0.1) is 18.4 Å². The second kappa shape index (κ2) is 13.7. The number of likely N-dealkylation sites (tertiary alicyclic amines) is 2. The molecular weight excluding hydrogens is 510 g/mol. The van der Waals surface area contributed by atoms with Gasteiger partial charge in [0, 0.05) is 19.1 Å². The molecule has 2 aliphatic heterocycles. The number of amides is 2. The molecule has 2 saturated heterocycles. The first-order valence-electron chi connectivity index (χ1n) is 14.6. The third-order valence-corrected chi connectivity index (χ3v) is 9.15. The zero-order valence-electron chi connectivity index (χ0n) is 23.3. The normalized spacial score (nSPS) is 20.4. The Balaban J connectivity index is 0.00000353. The van der Waals surface area contributed by atoms with Crippen molar-refractivity contribution in [2.24, 2.45) is 5.41 Å². The van der Waals surface area contributed by atoms with Crippen molar-refractivity contribution in [1.29, 1.82) is 0 Å². The van der Waals surface area contributed by atoms with Crippen LogP contribution in [0.2, 0.25) is 0 Å². The van der Waals surface area contributed by atoms with Gasteiger partial charge >= 0.3 is 0 Å². The van der Waals surface area contributed by atoms with Crippen molar-refractivity contribution in [3.05, 3.63) is 65.7 Å². The van der Waals surface area contributed by atoms with Gasteiger partial charge < -0.3 is 19.9 Å². The predicted octanol–water partition coefficient (Wildman–Crippen LogP) is 5.55. The molecule has 2 aromatic rings. The van der Waals surface area contributed by atoms with Gasteiger partial charge in [0.15, 0.2) is 0 Å². The lowest BCUT2D eigenvalue weighted by molar-refractivity contribution is -0.138. The molecule has 1 atom stereocenters. The monoisotopic (exact) mass is 553 g/mol. The molecule has 0 aromatic heterocycles. The zero-order valence-corrected chi connectivity index (χ0v) is 24.1. The van der Waals surface area contributed by atoms with Crippen LogP contribution in [0.1, 0.15) is 74.8 Å². The molecule has 7 heteroatoms. The van der Waals surface area contributed by atoms with E-state index in [9.17, 15) is 9.59 Å². The molecule has 3 fully saturated rings. The van der Waals surface area contributed by atoms with E-state index in [1.807, 2.05) is 47.4 Å². The number of nitrogens with one attached hydrogen (secondary N) is 1. The molecule has 1 unspecified atom stereocenters. The van der Waals surface area contributed by atoms with Gasteiger partial charge in [0.25, 0.3) is 0 Å². The van der Waals surface area contributed by atoms with Crippen LogP contribution in [-0.4, -0.2) is 60.9 Å². The lowest BCUT2D eigenvalue weighted by atomic mass is 9.77. The minimum absolute atomic E-state index is 0. The molecule has 0 bridgehead atoms. The number of carbonyl (C=O) groups is 2. The van der Waals surface area contributed by atoms with Gasteiger partial charge in [-0.2, -0.15) is 0 Å². The second-order valence-electron chi connectivity index (χ2n) is 11.5. The summed E-state index contributed by atoms with van der Waals surface area (Å²) in [5.74, 6) is 1.21. The standard InChI is InChI=1S/C32H43N3O3.ClH/c1-38-28-14-12-25(13-15-28)24-35-23-19-32(31(35)37)17-21-34(22-18-32)20-16-29(26-8-4-2-5-9-26)30(36)33-27-10-6-3-7-11-27;/h2,4-5,8-9,12-15,27,29H,3,6-7,10-11,16-24H2,1H3,(H,33,36);1H. The Labute approximate surface area is 239 Å². The number of carbonyl (C=O) groups excluding carboxylic acids is 2. The van der Waals surface area contributed by atoms with Crippen molar-refractivity contribution >= 4 is 24.2 Å². The lowest BCUT2D eigenvalue weighted by Gasteiger charge is -2.38. The Morgan fingerprint density at radius 2 is 1.64 bits per heavy atom. The number of piperidine rings is 1. The van der Waals surface area contributed by atoms with E-state index < -0.39 is 0 Å². The van der Waals surface area contributed by atoms with E-state index in [0.29, 0.717) is 18.5 Å². The molecular formula is C32H44ClN3O3. The number of benzene rings is 2. The van der Waals surface area contributed by atoms with Crippen molar-refractivity contribution in [2.75, 3.05) is 33.3 Å². The van der Waals surface area contributed by atoms with E-state index in [0.717, 1.165) is 81.6 Å². The zero-order chi connectivity index (χ0) is 26.4. The lowest BCUT2D eigenvalue weighted by Crippen LogP contribution is -2.45. The molecule has 6 nitrogen and oxygen atoms in total. The average Bonchev–Trinajstić information content (AvgIpc) is 3.25. The van der Waals surface area contributed by atoms with E-state index in [-0.39, 0.29) is 29.6 Å². The Hall–Kier alpha value is -2.57. The summed E-state index contributed by atoms with van der Waals surface area (Å²) in [4.78, 5) is 31.3. The third-order valence-electron chi connectivity index (χ3n) is 9.15. The number of halogens is 1. The summed E-state index contributed by atoms with van der Waals surface area (Å²) in [6, 6.07) is 18.6. The molecule has 1 N–H and O–H groups in total. The SMILES string of the molecule is COc1ccc(CN2CCC3(CCN(CCC(C(=O)NC4CCCCC4)c4ccccc4)CC3)C2=O)cc1.Cl. The van der Waals surface area contributed by atoms with Crippen molar-refractivity contribution < 1.29 is 14.3 Å². The molecule has 39 heavy (non-hydrogen) atoms.